The van der Waals surface area contributed by atoms with Crippen LogP contribution in [-0.4, -0.2) is 80.9 Å². The van der Waals surface area contributed by atoms with E-state index in [4.69, 9.17) is 9.47 Å². The number of rotatable bonds is 10. The molecule has 3 aliphatic rings. The molecule has 0 bridgehead atoms. The molecular weight excluding hydrogens is 497 g/mol. The lowest BCUT2D eigenvalue weighted by Gasteiger charge is -2.45. The van der Waals surface area contributed by atoms with Crippen molar-refractivity contribution in [1.29, 1.82) is 0 Å². The number of carbonyl (C=O) groups excluding carboxylic acids is 1. The summed E-state index contributed by atoms with van der Waals surface area (Å²) in [4.78, 5) is 16.0. The van der Waals surface area contributed by atoms with Crippen LogP contribution in [0.25, 0.3) is 6.08 Å². The first-order valence-corrected chi connectivity index (χ1v) is 14.8. The van der Waals surface area contributed by atoms with Crippen LogP contribution in [0, 0.1) is 17.7 Å². The highest BCUT2D eigenvalue weighted by atomic mass is 32.2. The van der Waals surface area contributed by atoms with E-state index in [-0.39, 0.29) is 41.1 Å². The van der Waals surface area contributed by atoms with E-state index in [0.29, 0.717) is 44.0 Å². The average Bonchev–Trinajstić information content (AvgIpc) is 3.52. The number of likely N-dealkylation sites (tertiary alicyclic amines) is 1. The van der Waals surface area contributed by atoms with Gasteiger partial charge in [0.25, 0.3) is 0 Å². The van der Waals surface area contributed by atoms with E-state index >= 15 is 4.39 Å². The lowest BCUT2D eigenvalue weighted by atomic mass is 9.98. The van der Waals surface area contributed by atoms with Crippen LogP contribution in [0.2, 0.25) is 0 Å². The van der Waals surface area contributed by atoms with Gasteiger partial charge in [-0.3, -0.25) is 0 Å². The molecule has 1 aliphatic carbocycles. The SMILES string of the molecule is C=Cc1cc(N2CC(N(C)S(=O)(=O)CC(C)C)C2)cc(F)c1OCC1CCN(C(=O)OC2(C)CC2)CC1. The fourth-order valence-corrected chi connectivity index (χ4v) is 6.45. The van der Waals surface area contributed by atoms with Crippen molar-refractivity contribution in [2.75, 3.05) is 50.5 Å². The Morgan fingerprint density at radius 1 is 1.27 bits per heavy atom. The van der Waals surface area contributed by atoms with Gasteiger partial charge in [-0.25, -0.2) is 17.6 Å². The van der Waals surface area contributed by atoms with Gasteiger partial charge in [-0.05, 0) is 50.5 Å². The number of carbonyl (C=O) groups is 1. The third-order valence-corrected chi connectivity index (χ3v) is 9.89. The highest BCUT2D eigenvalue weighted by Crippen LogP contribution is 2.39. The molecule has 0 radical (unpaired) electrons. The minimum Gasteiger partial charge on any atom is -0.490 e. The molecule has 2 heterocycles. The van der Waals surface area contributed by atoms with Crippen molar-refractivity contribution in [2.24, 2.45) is 11.8 Å². The van der Waals surface area contributed by atoms with E-state index in [1.807, 2.05) is 31.7 Å². The first kappa shape index (κ1) is 27.7. The van der Waals surface area contributed by atoms with Gasteiger partial charge in [-0.15, -0.1) is 0 Å². The van der Waals surface area contributed by atoms with Crippen molar-refractivity contribution >= 4 is 27.9 Å². The molecule has 0 unspecified atom stereocenters. The van der Waals surface area contributed by atoms with E-state index in [0.717, 1.165) is 25.7 Å². The first-order chi connectivity index (χ1) is 17.4. The van der Waals surface area contributed by atoms with E-state index in [9.17, 15) is 13.2 Å². The van der Waals surface area contributed by atoms with Crippen LogP contribution in [0.15, 0.2) is 18.7 Å². The highest BCUT2D eigenvalue weighted by Gasteiger charge is 2.43. The van der Waals surface area contributed by atoms with Gasteiger partial charge in [-0.2, -0.15) is 4.31 Å². The largest absolute Gasteiger partial charge is 0.490 e. The average molecular weight is 538 g/mol. The third kappa shape index (κ3) is 6.57. The van der Waals surface area contributed by atoms with Crippen molar-refractivity contribution < 1.29 is 27.1 Å². The Bertz CT molecular complexity index is 1110. The zero-order valence-corrected chi connectivity index (χ0v) is 23.2. The molecule has 1 amide bonds. The lowest BCUT2D eigenvalue weighted by Crippen LogP contribution is -2.60. The Balaban J connectivity index is 1.29. The maximum Gasteiger partial charge on any atom is 0.410 e. The predicted octanol–water partition coefficient (Wildman–Crippen LogP) is 4.35. The van der Waals surface area contributed by atoms with E-state index < -0.39 is 15.8 Å². The fraction of sp³-hybridized carbons (Fsp3) is 0.667. The summed E-state index contributed by atoms with van der Waals surface area (Å²) in [5.41, 5.74) is 0.972. The Kier molecular flexibility index (Phi) is 8.09. The molecule has 8 nitrogen and oxygen atoms in total. The van der Waals surface area contributed by atoms with Crippen molar-refractivity contribution in [3.8, 4) is 5.75 Å². The number of nitrogens with zero attached hydrogens (tertiary/aromatic N) is 3. The Labute approximate surface area is 220 Å². The van der Waals surface area contributed by atoms with Gasteiger partial charge in [0.15, 0.2) is 11.6 Å². The summed E-state index contributed by atoms with van der Waals surface area (Å²) in [6, 6.07) is 3.14. The molecular formula is C27H40FN3O5S. The number of ether oxygens (including phenoxy) is 2. The molecule has 1 saturated carbocycles. The molecule has 0 aromatic heterocycles. The zero-order chi connectivity index (χ0) is 27.0. The standard InChI is InChI=1S/C27H40FN3O5S/c1-6-21-13-22(31-15-23(16-31)29(5)37(33,34)18-19(2)3)14-24(28)25(21)35-17-20-7-11-30(12-8-20)26(32)36-27(4)9-10-27/h6,13-14,19-20,23H,1,7-12,15-18H2,2-5H3. The minimum absolute atomic E-state index is 0.0559. The molecule has 2 saturated heterocycles. The molecule has 0 spiro atoms. The fourth-order valence-electron chi connectivity index (χ4n) is 4.79. The number of hydrogen-bond acceptors (Lipinski definition) is 6. The lowest BCUT2D eigenvalue weighted by molar-refractivity contribution is 0.0455. The highest BCUT2D eigenvalue weighted by molar-refractivity contribution is 7.89. The van der Waals surface area contributed by atoms with Crippen molar-refractivity contribution in [1.82, 2.24) is 9.21 Å². The van der Waals surface area contributed by atoms with E-state index in [1.54, 1.807) is 18.0 Å². The predicted molar refractivity (Wildman–Crippen MR) is 143 cm³/mol. The normalized spacial score (nSPS) is 20.2. The van der Waals surface area contributed by atoms with Gasteiger partial charge in [0.05, 0.1) is 18.4 Å². The molecule has 206 valence electrons. The first-order valence-electron chi connectivity index (χ1n) is 13.2. The monoisotopic (exact) mass is 537 g/mol. The van der Waals surface area contributed by atoms with Gasteiger partial charge < -0.3 is 19.3 Å². The minimum atomic E-state index is -3.32. The summed E-state index contributed by atoms with van der Waals surface area (Å²) < 4.78 is 53.1. The number of benzene rings is 1. The molecule has 0 N–H and O–H groups in total. The second-order valence-electron chi connectivity index (χ2n) is 11.4. The van der Waals surface area contributed by atoms with Gasteiger partial charge in [0, 0.05) is 50.5 Å². The van der Waals surface area contributed by atoms with Gasteiger partial charge >= 0.3 is 6.09 Å². The van der Waals surface area contributed by atoms with E-state index in [2.05, 4.69) is 6.58 Å². The Hall–Kier alpha value is -2.33. The van der Waals surface area contributed by atoms with Crippen molar-refractivity contribution in [3.63, 3.8) is 0 Å². The second-order valence-corrected chi connectivity index (χ2v) is 13.4. The number of piperidine rings is 1. The summed E-state index contributed by atoms with van der Waals surface area (Å²) >= 11 is 0. The third-order valence-electron chi connectivity index (χ3n) is 7.63. The summed E-state index contributed by atoms with van der Waals surface area (Å²) in [6.45, 7) is 12.1. The summed E-state index contributed by atoms with van der Waals surface area (Å²) in [6.07, 6.45) is 4.74. The Morgan fingerprint density at radius 2 is 1.92 bits per heavy atom. The zero-order valence-electron chi connectivity index (χ0n) is 22.4. The number of likely N-dealkylation sites (N-methyl/N-ethyl adjacent to an activating group) is 1. The molecule has 0 atom stereocenters. The van der Waals surface area contributed by atoms with Crippen LogP contribution in [0.3, 0.4) is 0 Å². The summed E-state index contributed by atoms with van der Waals surface area (Å²) in [5, 5.41) is 0. The molecule has 2 aliphatic heterocycles. The van der Waals surface area contributed by atoms with Crippen LogP contribution in [0.1, 0.15) is 52.0 Å². The van der Waals surface area contributed by atoms with Crippen LogP contribution in [-0.2, 0) is 14.8 Å². The number of anilines is 1. The van der Waals surface area contributed by atoms with E-state index in [1.165, 1.54) is 10.4 Å². The molecule has 10 heteroatoms. The Morgan fingerprint density at radius 3 is 2.49 bits per heavy atom. The maximum atomic E-state index is 15.1. The van der Waals surface area contributed by atoms with Crippen LogP contribution in [0.5, 0.6) is 5.75 Å². The van der Waals surface area contributed by atoms with Crippen LogP contribution >= 0.6 is 0 Å². The molecule has 4 rings (SSSR count). The molecule has 1 aromatic rings. The molecule has 1 aromatic carbocycles. The number of halogens is 1. The topological polar surface area (TPSA) is 79.4 Å². The maximum absolute atomic E-state index is 15.1. The number of amides is 1. The van der Waals surface area contributed by atoms with Crippen molar-refractivity contribution in [2.45, 2.75) is 58.1 Å². The number of sulfonamides is 1. The van der Waals surface area contributed by atoms with Crippen LogP contribution < -0.4 is 9.64 Å². The summed E-state index contributed by atoms with van der Waals surface area (Å²) in [5.74, 6) is 0.104. The number of hydrogen-bond donors (Lipinski definition) is 0. The van der Waals surface area contributed by atoms with Gasteiger partial charge in [-0.1, -0.05) is 26.5 Å². The van der Waals surface area contributed by atoms with Gasteiger partial charge in [0.1, 0.15) is 5.60 Å². The van der Waals surface area contributed by atoms with Gasteiger partial charge in [0.2, 0.25) is 10.0 Å². The van der Waals surface area contributed by atoms with Crippen LogP contribution in [0.4, 0.5) is 14.9 Å². The molecule has 3 fully saturated rings. The van der Waals surface area contributed by atoms with Crippen molar-refractivity contribution in [3.05, 3.63) is 30.1 Å². The quantitative estimate of drug-likeness (QED) is 0.442. The smallest absolute Gasteiger partial charge is 0.410 e. The summed E-state index contributed by atoms with van der Waals surface area (Å²) in [7, 11) is -1.70. The second kappa shape index (κ2) is 10.8. The molecule has 37 heavy (non-hydrogen) atoms.